The quantitative estimate of drug-likeness (QED) is 0.756. The van der Waals surface area contributed by atoms with Crippen molar-refractivity contribution in [2.24, 2.45) is 16.5 Å². The summed E-state index contributed by atoms with van der Waals surface area (Å²) >= 11 is 0. The fraction of sp³-hybridized carbons (Fsp3) is 0.308. The van der Waals surface area contributed by atoms with Crippen molar-refractivity contribution in [1.29, 1.82) is 0 Å². The van der Waals surface area contributed by atoms with Crippen LogP contribution in [0, 0.1) is 0 Å². The van der Waals surface area contributed by atoms with Crippen molar-refractivity contribution in [1.82, 2.24) is 4.90 Å². The fourth-order valence-electron chi connectivity index (χ4n) is 2.67. The number of aryl methyl sites for hydroxylation is 1. The van der Waals surface area contributed by atoms with Crippen LogP contribution < -0.4 is 11.5 Å². The van der Waals surface area contributed by atoms with E-state index in [0.29, 0.717) is 17.8 Å². The minimum atomic E-state index is 0.347. The number of guanidine groups is 1. The first-order valence-electron chi connectivity index (χ1n) is 5.90. The normalized spacial score (nSPS) is 23.1. The Bertz CT molecular complexity index is 504. The molecular weight excluding hydrogens is 212 g/mol. The number of rotatable bonds is 1. The number of hydrogen-bond acceptors (Lipinski definition) is 4. The van der Waals surface area contributed by atoms with Gasteiger partial charge in [0.15, 0.2) is 5.96 Å². The summed E-state index contributed by atoms with van der Waals surface area (Å²) < 4.78 is 0. The molecule has 0 radical (unpaired) electrons. The highest BCUT2D eigenvalue weighted by atomic mass is 15.3. The van der Waals surface area contributed by atoms with Crippen LogP contribution in [0.15, 0.2) is 41.2 Å². The topological polar surface area (TPSA) is 67.6 Å². The molecule has 0 bridgehead atoms. The Hall–Kier alpha value is -1.97. The van der Waals surface area contributed by atoms with Gasteiger partial charge in [0.05, 0.1) is 6.04 Å². The Kier molecular flexibility index (Phi) is 2.28. The van der Waals surface area contributed by atoms with Gasteiger partial charge in [-0.05, 0) is 30.0 Å². The molecule has 88 valence electrons. The molecule has 4 N–H and O–H groups in total. The lowest BCUT2D eigenvalue weighted by Crippen LogP contribution is -2.42. The van der Waals surface area contributed by atoms with Crippen molar-refractivity contribution in [3.05, 3.63) is 47.3 Å². The summed E-state index contributed by atoms with van der Waals surface area (Å²) in [4.78, 5) is 6.27. The van der Waals surface area contributed by atoms with Crippen molar-refractivity contribution in [3.63, 3.8) is 0 Å². The number of aliphatic imine (C=N–C) groups is 1. The molecule has 2 aliphatic rings. The van der Waals surface area contributed by atoms with Gasteiger partial charge in [-0.3, -0.25) is 0 Å². The zero-order valence-corrected chi connectivity index (χ0v) is 9.63. The molecule has 1 aliphatic heterocycles. The van der Waals surface area contributed by atoms with Crippen LogP contribution >= 0.6 is 0 Å². The van der Waals surface area contributed by atoms with Gasteiger partial charge in [-0.25, -0.2) is 0 Å². The van der Waals surface area contributed by atoms with Crippen molar-refractivity contribution in [2.45, 2.75) is 18.9 Å². The molecular formula is C13H16N4. The third-order valence-electron chi connectivity index (χ3n) is 3.51. The highest BCUT2D eigenvalue weighted by Crippen LogP contribution is 2.35. The second-order valence-electron chi connectivity index (χ2n) is 4.50. The molecule has 1 unspecified atom stereocenters. The van der Waals surface area contributed by atoms with Crippen molar-refractivity contribution in [2.75, 3.05) is 6.54 Å². The van der Waals surface area contributed by atoms with E-state index < -0.39 is 0 Å². The lowest BCUT2D eigenvalue weighted by Gasteiger charge is -2.31. The molecule has 0 fully saturated rings. The summed E-state index contributed by atoms with van der Waals surface area (Å²) in [5.41, 5.74) is 14.4. The Morgan fingerprint density at radius 2 is 2.06 bits per heavy atom. The van der Waals surface area contributed by atoms with Gasteiger partial charge in [-0.2, -0.15) is 4.99 Å². The first kappa shape index (κ1) is 10.2. The molecule has 0 spiro atoms. The van der Waals surface area contributed by atoms with Crippen LogP contribution in [0.3, 0.4) is 0 Å². The molecule has 0 saturated carbocycles. The van der Waals surface area contributed by atoms with E-state index in [4.69, 9.17) is 11.5 Å². The van der Waals surface area contributed by atoms with Crippen LogP contribution in [-0.2, 0) is 6.42 Å². The molecule has 4 nitrogen and oxygen atoms in total. The SMILES string of the molecule is NC1=CCN(C2CCc3ccccc32)C(N)=N1. The van der Waals surface area contributed by atoms with E-state index in [1.165, 1.54) is 11.1 Å². The molecule has 1 atom stereocenters. The van der Waals surface area contributed by atoms with Gasteiger partial charge < -0.3 is 16.4 Å². The maximum absolute atomic E-state index is 5.96. The molecule has 17 heavy (non-hydrogen) atoms. The number of nitrogens with zero attached hydrogens (tertiary/aromatic N) is 2. The van der Waals surface area contributed by atoms with Crippen molar-refractivity contribution in [3.8, 4) is 0 Å². The number of nitrogens with two attached hydrogens (primary N) is 2. The molecule has 3 rings (SSSR count). The Balaban J connectivity index is 1.91. The van der Waals surface area contributed by atoms with Gasteiger partial charge in [0.1, 0.15) is 5.82 Å². The Morgan fingerprint density at radius 3 is 2.88 bits per heavy atom. The van der Waals surface area contributed by atoms with Crippen LogP contribution in [0.1, 0.15) is 23.6 Å². The first-order chi connectivity index (χ1) is 8.25. The van der Waals surface area contributed by atoms with E-state index in [9.17, 15) is 0 Å². The standard InChI is InChI=1S/C13H16N4/c14-12-7-8-17(13(15)16-12)11-6-5-9-3-1-2-4-10(9)11/h1-4,7,11H,5-6,8,14H2,(H2,15,16). The molecule has 1 heterocycles. The summed E-state index contributed by atoms with van der Waals surface area (Å²) in [7, 11) is 0. The molecule has 0 saturated heterocycles. The highest BCUT2D eigenvalue weighted by molar-refractivity contribution is 5.80. The first-order valence-corrected chi connectivity index (χ1v) is 5.90. The summed E-state index contributed by atoms with van der Waals surface area (Å²) in [6.45, 7) is 0.750. The highest BCUT2D eigenvalue weighted by Gasteiger charge is 2.29. The van der Waals surface area contributed by atoms with Gasteiger partial charge in [0, 0.05) is 6.54 Å². The van der Waals surface area contributed by atoms with Gasteiger partial charge in [0.2, 0.25) is 0 Å². The van der Waals surface area contributed by atoms with Gasteiger partial charge >= 0.3 is 0 Å². The predicted octanol–water partition coefficient (Wildman–Crippen LogP) is 1.10. The maximum atomic E-state index is 5.96. The van der Waals surface area contributed by atoms with E-state index in [-0.39, 0.29) is 0 Å². The molecule has 0 aromatic heterocycles. The van der Waals surface area contributed by atoms with Gasteiger partial charge in [-0.1, -0.05) is 24.3 Å². The average molecular weight is 228 g/mol. The summed E-state index contributed by atoms with van der Waals surface area (Å²) in [6, 6.07) is 8.89. The van der Waals surface area contributed by atoms with Crippen LogP contribution in [-0.4, -0.2) is 17.4 Å². The van der Waals surface area contributed by atoms with Crippen LogP contribution in [0.4, 0.5) is 0 Å². The minimum absolute atomic E-state index is 0.347. The van der Waals surface area contributed by atoms with E-state index in [1.807, 2.05) is 6.08 Å². The van der Waals surface area contributed by atoms with E-state index in [2.05, 4.69) is 34.2 Å². The van der Waals surface area contributed by atoms with Crippen LogP contribution in [0.5, 0.6) is 0 Å². The van der Waals surface area contributed by atoms with Crippen molar-refractivity contribution < 1.29 is 0 Å². The van der Waals surface area contributed by atoms with Crippen molar-refractivity contribution >= 4 is 5.96 Å². The molecule has 1 aromatic rings. The second-order valence-corrected chi connectivity index (χ2v) is 4.50. The smallest absolute Gasteiger partial charge is 0.198 e. The number of benzene rings is 1. The average Bonchev–Trinajstić information content (AvgIpc) is 2.73. The van der Waals surface area contributed by atoms with E-state index >= 15 is 0 Å². The maximum Gasteiger partial charge on any atom is 0.198 e. The lowest BCUT2D eigenvalue weighted by molar-refractivity contribution is 0.334. The number of hydrogen-bond donors (Lipinski definition) is 2. The second kappa shape index (κ2) is 3.80. The van der Waals surface area contributed by atoms with E-state index in [1.54, 1.807) is 0 Å². The molecule has 1 aliphatic carbocycles. The summed E-state index contributed by atoms with van der Waals surface area (Å²) in [5.74, 6) is 1.05. The van der Waals surface area contributed by atoms with Gasteiger partial charge in [0.25, 0.3) is 0 Å². The predicted molar refractivity (Wildman–Crippen MR) is 68.1 cm³/mol. The summed E-state index contributed by atoms with van der Waals surface area (Å²) in [6.07, 6.45) is 4.13. The zero-order valence-electron chi connectivity index (χ0n) is 9.63. The fourth-order valence-corrected chi connectivity index (χ4v) is 2.67. The third kappa shape index (κ3) is 1.65. The third-order valence-corrected chi connectivity index (χ3v) is 3.51. The Morgan fingerprint density at radius 1 is 1.24 bits per heavy atom. The lowest BCUT2D eigenvalue weighted by atomic mass is 10.1. The largest absolute Gasteiger partial charge is 0.384 e. The molecule has 1 aromatic carbocycles. The monoisotopic (exact) mass is 228 g/mol. The zero-order chi connectivity index (χ0) is 11.8. The van der Waals surface area contributed by atoms with E-state index in [0.717, 1.165) is 19.4 Å². The van der Waals surface area contributed by atoms with Crippen LogP contribution in [0.2, 0.25) is 0 Å². The van der Waals surface area contributed by atoms with Crippen LogP contribution in [0.25, 0.3) is 0 Å². The molecule has 4 heteroatoms. The molecule has 0 amide bonds. The Labute approximate surface area is 101 Å². The number of fused-ring (bicyclic) bond motifs is 1. The minimum Gasteiger partial charge on any atom is -0.384 e. The van der Waals surface area contributed by atoms with Gasteiger partial charge in [-0.15, -0.1) is 0 Å². The summed E-state index contributed by atoms with van der Waals surface area (Å²) in [5, 5.41) is 0.